The maximum absolute atomic E-state index is 12.1. The molecule has 1 aromatic carbocycles. The lowest BCUT2D eigenvalue weighted by atomic mass is 10.1. The maximum Gasteiger partial charge on any atom is 0.338 e. The molecule has 1 atom stereocenters. The zero-order valence-corrected chi connectivity index (χ0v) is 14.8. The minimum Gasteiger partial charge on any atom is -0.481 e. The molecule has 0 heterocycles. The molecule has 7 nitrogen and oxygen atoms in total. The van der Waals surface area contributed by atoms with E-state index in [0.717, 1.165) is 0 Å². The summed E-state index contributed by atoms with van der Waals surface area (Å²) in [5.41, 5.74) is -0.155. The number of carbonyl (C=O) groups is 3. The highest BCUT2D eigenvalue weighted by Crippen LogP contribution is 2.20. The van der Waals surface area contributed by atoms with E-state index < -0.39 is 23.6 Å². The van der Waals surface area contributed by atoms with E-state index in [1.54, 1.807) is 6.92 Å². The van der Waals surface area contributed by atoms with Crippen molar-refractivity contribution in [3.63, 3.8) is 0 Å². The number of benzene rings is 1. The van der Waals surface area contributed by atoms with E-state index in [1.807, 2.05) is 20.8 Å². The normalized spacial score (nSPS) is 12.1. The second kappa shape index (κ2) is 7.81. The summed E-state index contributed by atoms with van der Waals surface area (Å²) in [4.78, 5) is 35.5. The van der Waals surface area contributed by atoms with E-state index in [1.165, 1.54) is 32.4 Å². The Balaban J connectivity index is 3.07. The number of hydrogen-bond acceptors (Lipinski definition) is 6. The zero-order valence-electron chi connectivity index (χ0n) is 14.8. The van der Waals surface area contributed by atoms with Gasteiger partial charge in [0.15, 0.2) is 6.10 Å². The molecule has 0 aliphatic rings. The third kappa shape index (κ3) is 5.57. The van der Waals surface area contributed by atoms with Crippen LogP contribution in [0.15, 0.2) is 18.2 Å². The van der Waals surface area contributed by atoms with Crippen molar-refractivity contribution in [2.75, 3.05) is 14.2 Å². The van der Waals surface area contributed by atoms with Crippen LogP contribution in [0.25, 0.3) is 0 Å². The average Bonchev–Trinajstić information content (AvgIpc) is 2.51. The first kappa shape index (κ1) is 19.5. The summed E-state index contributed by atoms with van der Waals surface area (Å²) in [7, 11) is 2.46. The number of esters is 2. The largest absolute Gasteiger partial charge is 0.481 e. The van der Waals surface area contributed by atoms with Gasteiger partial charge in [-0.15, -0.1) is 0 Å². The summed E-state index contributed by atoms with van der Waals surface area (Å²) < 4.78 is 14.9. The molecule has 0 bridgehead atoms. The summed E-state index contributed by atoms with van der Waals surface area (Å²) >= 11 is 0. The molecule has 0 saturated carbocycles. The highest BCUT2D eigenvalue weighted by molar-refractivity contribution is 5.96. The molecule has 132 valence electrons. The fourth-order valence-electron chi connectivity index (χ4n) is 1.87. The van der Waals surface area contributed by atoms with E-state index >= 15 is 0 Å². The maximum atomic E-state index is 12.1. The van der Waals surface area contributed by atoms with Gasteiger partial charge >= 0.3 is 11.9 Å². The molecule has 0 aromatic heterocycles. The summed E-state index contributed by atoms with van der Waals surface area (Å²) in [5, 5.41) is 2.79. The molecule has 1 N–H and O–H groups in total. The fraction of sp³-hybridized carbons (Fsp3) is 0.471. The Kier molecular flexibility index (Phi) is 6.34. The van der Waals surface area contributed by atoms with Gasteiger partial charge in [-0.1, -0.05) is 0 Å². The van der Waals surface area contributed by atoms with Gasteiger partial charge in [0.1, 0.15) is 5.75 Å². The lowest BCUT2D eigenvalue weighted by Crippen LogP contribution is -2.46. The third-order valence-corrected chi connectivity index (χ3v) is 2.93. The fourth-order valence-corrected chi connectivity index (χ4v) is 1.87. The van der Waals surface area contributed by atoms with Gasteiger partial charge in [-0.05, 0) is 45.9 Å². The van der Waals surface area contributed by atoms with Gasteiger partial charge in [0.25, 0.3) is 5.91 Å². The Bertz CT molecular complexity index is 598. The second-order valence-corrected chi connectivity index (χ2v) is 6.23. The highest BCUT2D eigenvalue weighted by Gasteiger charge is 2.22. The molecule has 0 aliphatic heterocycles. The number of nitrogens with one attached hydrogen (secondary N) is 1. The van der Waals surface area contributed by atoms with Crippen molar-refractivity contribution < 1.29 is 28.6 Å². The molecule has 0 fully saturated rings. The average molecular weight is 337 g/mol. The van der Waals surface area contributed by atoms with E-state index in [2.05, 4.69) is 14.8 Å². The van der Waals surface area contributed by atoms with Crippen LogP contribution < -0.4 is 10.1 Å². The Labute approximate surface area is 141 Å². The monoisotopic (exact) mass is 337 g/mol. The minimum atomic E-state index is -0.817. The van der Waals surface area contributed by atoms with Crippen LogP contribution >= 0.6 is 0 Å². The Morgan fingerprint density at radius 3 is 1.79 bits per heavy atom. The predicted molar refractivity (Wildman–Crippen MR) is 87.1 cm³/mol. The van der Waals surface area contributed by atoms with Crippen LogP contribution in [0.4, 0.5) is 0 Å². The molecular weight excluding hydrogens is 314 g/mol. The molecule has 24 heavy (non-hydrogen) atoms. The Hall–Kier alpha value is -2.57. The van der Waals surface area contributed by atoms with Crippen molar-refractivity contribution in [3.8, 4) is 5.75 Å². The molecule has 0 spiro atoms. The lowest BCUT2D eigenvalue weighted by molar-refractivity contribution is -0.128. The van der Waals surface area contributed by atoms with Gasteiger partial charge in [0.2, 0.25) is 0 Å². The van der Waals surface area contributed by atoms with Crippen LogP contribution in [-0.4, -0.2) is 43.7 Å². The molecule has 0 unspecified atom stereocenters. The SMILES string of the molecule is COC(=O)c1cc(O[C@H](C)C(=O)NC(C)(C)C)cc(C(=O)OC)c1. The van der Waals surface area contributed by atoms with Crippen LogP contribution in [0.1, 0.15) is 48.4 Å². The van der Waals surface area contributed by atoms with Crippen molar-refractivity contribution >= 4 is 17.8 Å². The molecule has 0 radical (unpaired) electrons. The van der Waals surface area contributed by atoms with Crippen LogP contribution in [0, 0.1) is 0 Å². The molecule has 1 amide bonds. The van der Waals surface area contributed by atoms with E-state index in [9.17, 15) is 14.4 Å². The number of hydrogen-bond donors (Lipinski definition) is 1. The van der Waals surface area contributed by atoms with E-state index in [0.29, 0.717) is 0 Å². The summed E-state index contributed by atoms with van der Waals surface area (Å²) in [6, 6.07) is 4.14. The first-order chi connectivity index (χ1) is 11.1. The van der Waals surface area contributed by atoms with Crippen LogP contribution in [0.3, 0.4) is 0 Å². The van der Waals surface area contributed by atoms with Crippen molar-refractivity contribution in [3.05, 3.63) is 29.3 Å². The summed E-state index contributed by atoms with van der Waals surface area (Å²) in [6.07, 6.45) is -0.817. The van der Waals surface area contributed by atoms with Crippen molar-refractivity contribution in [2.45, 2.75) is 39.3 Å². The van der Waals surface area contributed by atoms with Crippen molar-refractivity contribution in [1.82, 2.24) is 5.32 Å². The molecule has 1 aromatic rings. The topological polar surface area (TPSA) is 90.9 Å². The molecule has 0 aliphatic carbocycles. The molecule has 7 heteroatoms. The summed E-state index contributed by atoms with van der Waals surface area (Å²) in [5.74, 6) is -1.38. The molecule has 1 rings (SSSR count). The number of methoxy groups -OCH3 is 2. The first-order valence-corrected chi connectivity index (χ1v) is 7.38. The van der Waals surface area contributed by atoms with Crippen LogP contribution in [0.2, 0.25) is 0 Å². The predicted octanol–water partition coefficient (Wildman–Crippen LogP) is 1.94. The van der Waals surface area contributed by atoms with E-state index in [4.69, 9.17) is 4.74 Å². The van der Waals surface area contributed by atoms with Crippen molar-refractivity contribution in [2.24, 2.45) is 0 Å². The van der Waals surface area contributed by atoms with Gasteiger partial charge in [-0.3, -0.25) is 4.79 Å². The summed E-state index contributed by atoms with van der Waals surface area (Å²) in [6.45, 7) is 7.13. The minimum absolute atomic E-state index is 0.124. The third-order valence-electron chi connectivity index (χ3n) is 2.93. The number of ether oxygens (including phenoxy) is 3. The lowest BCUT2D eigenvalue weighted by Gasteiger charge is -2.23. The Morgan fingerprint density at radius 1 is 0.958 bits per heavy atom. The smallest absolute Gasteiger partial charge is 0.338 e. The van der Waals surface area contributed by atoms with E-state index in [-0.39, 0.29) is 22.8 Å². The van der Waals surface area contributed by atoms with Gasteiger partial charge in [0, 0.05) is 5.54 Å². The van der Waals surface area contributed by atoms with Crippen molar-refractivity contribution in [1.29, 1.82) is 0 Å². The Morgan fingerprint density at radius 2 is 1.42 bits per heavy atom. The second-order valence-electron chi connectivity index (χ2n) is 6.23. The standard InChI is InChI=1S/C17H23NO6/c1-10(14(19)18-17(2,3)4)24-13-8-11(15(20)22-5)7-12(9-13)16(21)23-6/h7-10H,1-6H3,(H,18,19)/t10-/m1/s1. The van der Waals surface area contributed by atoms with Gasteiger partial charge < -0.3 is 19.5 Å². The molecule has 0 saturated heterocycles. The van der Waals surface area contributed by atoms with Crippen LogP contribution in [0.5, 0.6) is 5.75 Å². The quantitative estimate of drug-likeness (QED) is 0.826. The molecular formula is C17H23NO6. The number of rotatable bonds is 5. The first-order valence-electron chi connectivity index (χ1n) is 7.38. The van der Waals surface area contributed by atoms with Crippen LogP contribution in [-0.2, 0) is 14.3 Å². The van der Waals surface area contributed by atoms with Gasteiger partial charge in [-0.2, -0.15) is 0 Å². The zero-order chi connectivity index (χ0) is 18.5. The number of amides is 1. The van der Waals surface area contributed by atoms with Gasteiger partial charge in [-0.25, -0.2) is 9.59 Å². The number of carbonyl (C=O) groups excluding carboxylic acids is 3. The van der Waals surface area contributed by atoms with Gasteiger partial charge in [0.05, 0.1) is 25.3 Å². The highest BCUT2D eigenvalue weighted by atomic mass is 16.5.